The summed E-state index contributed by atoms with van der Waals surface area (Å²) in [6, 6.07) is 9.71. The van der Waals surface area contributed by atoms with Crippen molar-refractivity contribution in [2.45, 2.75) is 6.54 Å². The average Bonchev–Trinajstić information content (AvgIpc) is 2.85. The van der Waals surface area contributed by atoms with E-state index in [9.17, 15) is 9.59 Å². The molecule has 0 bridgehead atoms. The molecule has 8 heteroatoms. The van der Waals surface area contributed by atoms with Crippen LogP contribution in [-0.4, -0.2) is 50.0 Å². The molecule has 0 saturated carbocycles. The van der Waals surface area contributed by atoms with Crippen LogP contribution in [0.25, 0.3) is 0 Å². The van der Waals surface area contributed by atoms with Gasteiger partial charge in [-0.05, 0) is 10.8 Å². The quantitative estimate of drug-likeness (QED) is 0.713. The van der Waals surface area contributed by atoms with E-state index in [2.05, 4.69) is 15.4 Å². The standard InChI is InChI=1S/C13H14N6O2/c1-17-15-13(14-16-17)19-11(20)8-18(9-12(19)21)7-10-5-3-2-4-6-10/h2-6H,7-9H2,1H3. The molecule has 1 aliphatic heterocycles. The van der Waals surface area contributed by atoms with E-state index in [1.807, 2.05) is 30.3 Å². The lowest BCUT2D eigenvalue weighted by atomic mass is 10.2. The van der Waals surface area contributed by atoms with E-state index in [-0.39, 0.29) is 30.9 Å². The van der Waals surface area contributed by atoms with Crippen molar-refractivity contribution in [3.8, 4) is 0 Å². The Morgan fingerprint density at radius 2 is 1.76 bits per heavy atom. The fourth-order valence-electron chi connectivity index (χ4n) is 2.26. The first-order valence-electron chi connectivity index (χ1n) is 6.49. The highest BCUT2D eigenvalue weighted by Crippen LogP contribution is 2.14. The third-order valence-corrected chi connectivity index (χ3v) is 3.16. The van der Waals surface area contributed by atoms with Gasteiger partial charge in [-0.3, -0.25) is 14.5 Å². The number of hydrogen-bond donors (Lipinski definition) is 0. The van der Waals surface area contributed by atoms with Crippen LogP contribution in [0.15, 0.2) is 30.3 Å². The lowest BCUT2D eigenvalue weighted by Gasteiger charge is -2.30. The largest absolute Gasteiger partial charge is 0.281 e. The van der Waals surface area contributed by atoms with Gasteiger partial charge < -0.3 is 0 Å². The fourth-order valence-corrected chi connectivity index (χ4v) is 2.26. The number of imide groups is 1. The van der Waals surface area contributed by atoms with E-state index in [1.165, 1.54) is 4.80 Å². The summed E-state index contributed by atoms with van der Waals surface area (Å²) in [5, 5.41) is 11.3. The van der Waals surface area contributed by atoms with Crippen molar-refractivity contribution in [2.24, 2.45) is 7.05 Å². The van der Waals surface area contributed by atoms with Gasteiger partial charge >= 0.3 is 0 Å². The molecule has 1 aromatic carbocycles. The zero-order valence-electron chi connectivity index (χ0n) is 11.5. The van der Waals surface area contributed by atoms with Crippen LogP contribution in [-0.2, 0) is 23.2 Å². The highest BCUT2D eigenvalue weighted by molar-refractivity contribution is 6.16. The van der Waals surface area contributed by atoms with Crippen LogP contribution in [0, 0.1) is 0 Å². The van der Waals surface area contributed by atoms with Gasteiger partial charge in [0.2, 0.25) is 0 Å². The predicted octanol–water partition coefficient (Wildman–Crippen LogP) is -0.415. The molecule has 2 aromatic rings. The highest BCUT2D eigenvalue weighted by atomic mass is 16.2. The Hall–Kier alpha value is -2.61. The molecular weight excluding hydrogens is 272 g/mol. The maximum atomic E-state index is 12.2. The number of tetrazole rings is 1. The fraction of sp³-hybridized carbons (Fsp3) is 0.308. The Morgan fingerprint density at radius 3 is 2.33 bits per heavy atom. The van der Waals surface area contributed by atoms with Crippen LogP contribution in [0.2, 0.25) is 0 Å². The molecule has 1 aliphatic rings. The van der Waals surface area contributed by atoms with Gasteiger partial charge in [0.05, 0.1) is 20.1 Å². The van der Waals surface area contributed by atoms with Crippen LogP contribution in [0.4, 0.5) is 5.95 Å². The third-order valence-electron chi connectivity index (χ3n) is 3.16. The van der Waals surface area contributed by atoms with Gasteiger partial charge in [-0.25, -0.2) is 4.90 Å². The van der Waals surface area contributed by atoms with Crippen LogP contribution >= 0.6 is 0 Å². The first-order chi connectivity index (χ1) is 10.1. The zero-order valence-corrected chi connectivity index (χ0v) is 11.5. The third kappa shape index (κ3) is 2.79. The molecule has 0 unspecified atom stereocenters. The van der Waals surface area contributed by atoms with Crippen LogP contribution in [0.3, 0.4) is 0 Å². The van der Waals surface area contributed by atoms with Crippen molar-refractivity contribution >= 4 is 17.8 Å². The van der Waals surface area contributed by atoms with Gasteiger partial charge in [0.15, 0.2) is 0 Å². The molecule has 0 spiro atoms. The summed E-state index contributed by atoms with van der Waals surface area (Å²) in [6.45, 7) is 0.859. The van der Waals surface area contributed by atoms with Crippen molar-refractivity contribution in [3.63, 3.8) is 0 Å². The minimum Gasteiger partial charge on any atom is -0.281 e. The predicted molar refractivity (Wildman–Crippen MR) is 73.0 cm³/mol. The Balaban J connectivity index is 1.72. The van der Waals surface area contributed by atoms with Gasteiger partial charge in [-0.2, -0.15) is 4.80 Å². The number of amides is 2. The van der Waals surface area contributed by atoms with Gasteiger partial charge in [0.1, 0.15) is 0 Å². The molecular formula is C13H14N6O2. The number of anilines is 1. The Morgan fingerprint density at radius 1 is 1.10 bits per heavy atom. The van der Waals surface area contributed by atoms with Crippen molar-refractivity contribution < 1.29 is 9.59 Å². The van der Waals surface area contributed by atoms with Crippen LogP contribution < -0.4 is 4.90 Å². The van der Waals surface area contributed by atoms with Crippen molar-refractivity contribution in [1.82, 2.24) is 25.1 Å². The molecule has 0 radical (unpaired) electrons. The maximum absolute atomic E-state index is 12.2. The van der Waals surface area contributed by atoms with Gasteiger partial charge in [0.25, 0.3) is 17.8 Å². The van der Waals surface area contributed by atoms with E-state index in [4.69, 9.17) is 0 Å². The van der Waals surface area contributed by atoms with E-state index in [0.29, 0.717) is 6.54 Å². The molecule has 8 nitrogen and oxygen atoms in total. The van der Waals surface area contributed by atoms with Crippen molar-refractivity contribution in [1.29, 1.82) is 0 Å². The number of carbonyl (C=O) groups excluding carboxylic acids is 2. The maximum Gasteiger partial charge on any atom is 0.279 e. The van der Waals surface area contributed by atoms with Gasteiger partial charge in [-0.1, -0.05) is 35.4 Å². The second-order valence-electron chi connectivity index (χ2n) is 4.83. The average molecular weight is 286 g/mol. The van der Waals surface area contributed by atoms with Gasteiger partial charge in [0, 0.05) is 6.54 Å². The number of carbonyl (C=O) groups is 2. The van der Waals surface area contributed by atoms with Crippen LogP contribution in [0.1, 0.15) is 5.56 Å². The summed E-state index contributed by atoms with van der Waals surface area (Å²) >= 11 is 0. The molecule has 0 N–H and O–H groups in total. The second kappa shape index (κ2) is 5.41. The Bertz CT molecular complexity index is 650. The van der Waals surface area contributed by atoms with E-state index < -0.39 is 0 Å². The minimum atomic E-state index is -0.338. The number of piperazine rings is 1. The second-order valence-corrected chi connectivity index (χ2v) is 4.83. The number of rotatable bonds is 3. The van der Waals surface area contributed by atoms with E-state index in [0.717, 1.165) is 10.5 Å². The first kappa shape index (κ1) is 13.4. The number of benzene rings is 1. The summed E-state index contributed by atoms with van der Waals surface area (Å²) in [5.74, 6) is -0.641. The molecule has 21 heavy (non-hydrogen) atoms. The normalized spacial score (nSPS) is 16.5. The van der Waals surface area contributed by atoms with Crippen LogP contribution in [0.5, 0.6) is 0 Å². The van der Waals surface area contributed by atoms with Crippen molar-refractivity contribution in [3.05, 3.63) is 35.9 Å². The monoisotopic (exact) mass is 286 g/mol. The number of aryl methyl sites for hydroxylation is 1. The smallest absolute Gasteiger partial charge is 0.279 e. The molecule has 2 heterocycles. The number of aromatic nitrogens is 4. The Kier molecular flexibility index (Phi) is 3.44. The van der Waals surface area contributed by atoms with Crippen molar-refractivity contribution in [2.75, 3.05) is 18.0 Å². The summed E-state index contributed by atoms with van der Waals surface area (Å²) in [7, 11) is 1.58. The molecule has 3 rings (SSSR count). The molecule has 1 fully saturated rings. The lowest BCUT2D eigenvalue weighted by molar-refractivity contribution is -0.132. The molecule has 1 aromatic heterocycles. The first-order valence-corrected chi connectivity index (χ1v) is 6.49. The van der Waals surface area contributed by atoms with E-state index in [1.54, 1.807) is 11.9 Å². The highest BCUT2D eigenvalue weighted by Gasteiger charge is 2.34. The van der Waals surface area contributed by atoms with E-state index >= 15 is 0 Å². The minimum absolute atomic E-state index is 0.0341. The van der Waals surface area contributed by atoms with Gasteiger partial charge in [-0.15, -0.1) is 5.10 Å². The Labute approximate surface area is 120 Å². The topological polar surface area (TPSA) is 84.2 Å². The molecule has 108 valence electrons. The molecule has 1 saturated heterocycles. The number of nitrogens with zero attached hydrogens (tertiary/aromatic N) is 6. The molecule has 0 atom stereocenters. The SMILES string of the molecule is Cn1nnc(N2C(=O)CN(Cc3ccccc3)CC2=O)n1. The number of hydrogen-bond acceptors (Lipinski definition) is 6. The summed E-state index contributed by atoms with van der Waals surface area (Å²) in [4.78, 5) is 28.3. The zero-order chi connectivity index (χ0) is 14.8. The lowest BCUT2D eigenvalue weighted by Crippen LogP contribution is -2.54. The summed E-state index contributed by atoms with van der Waals surface area (Å²) < 4.78 is 0. The summed E-state index contributed by atoms with van der Waals surface area (Å²) in [5.41, 5.74) is 1.06. The molecule has 0 aliphatic carbocycles. The molecule has 2 amide bonds. The summed E-state index contributed by atoms with van der Waals surface area (Å²) in [6.07, 6.45) is 0.